The number of anilines is 2. The van der Waals surface area contributed by atoms with E-state index in [0.29, 0.717) is 0 Å². The first-order valence-electron chi connectivity index (χ1n) is 10.8. The minimum Gasteiger partial charge on any atom is -0.309 e. The molecule has 5 nitrogen and oxygen atoms in total. The first kappa shape index (κ1) is 33.3. The second-order valence-electron chi connectivity index (χ2n) is 8.34. The van der Waals surface area contributed by atoms with E-state index in [4.69, 9.17) is 11.6 Å². The van der Waals surface area contributed by atoms with Crippen LogP contribution < -0.4 is 8.01 Å². The maximum atomic E-state index is 15.4. The molecule has 0 atom stereocenters. The zero-order valence-corrected chi connectivity index (χ0v) is 23.2. The maximum Gasteiger partial charge on any atom is 0.435 e. The number of halogens is 13. The second kappa shape index (κ2) is 11.5. The molecule has 18 heteroatoms. The summed E-state index contributed by atoms with van der Waals surface area (Å²) in [5, 5.41) is 0.0374. The number of pyridine rings is 1. The van der Waals surface area contributed by atoms with Gasteiger partial charge in [0, 0.05) is 18.8 Å². The molecule has 0 radical (unpaired) electrons. The van der Waals surface area contributed by atoms with Gasteiger partial charge in [0.25, 0.3) is 11.8 Å². The highest BCUT2D eigenvalue weighted by atomic mass is 127. The van der Waals surface area contributed by atoms with Crippen molar-refractivity contribution in [1.29, 1.82) is 0 Å². The van der Waals surface area contributed by atoms with Crippen molar-refractivity contribution in [2.24, 2.45) is 0 Å². The van der Waals surface area contributed by atoms with Gasteiger partial charge < -0.3 is 4.90 Å². The van der Waals surface area contributed by atoms with Crippen LogP contribution in [0.2, 0.25) is 5.15 Å². The van der Waals surface area contributed by atoms with Gasteiger partial charge >= 0.3 is 24.2 Å². The molecular formula is C24H12ClF11IN3O2. The summed E-state index contributed by atoms with van der Waals surface area (Å²) in [6.45, 7) is 0. The fraction of sp³-hybridized carbons (Fsp3) is 0.208. The highest BCUT2D eigenvalue weighted by Gasteiger charge is 2.73. The van der Waals surface area contributed by atoms with Gasteiger partial charge in [0.1, 0.15) is 5.15 Å². The Labute approximate surface area is 247 Å². The average molecular weight is 746 g/mol. The van der Waals surface area contributed by atoms with Crippen molar-refractivity contribution in [1.82, 2.24) is 4.98 Å². The highest BCUT2D eigenvalue weighted by Crippen LogP contribution is 2.54. The largest absolute Gasteiger partial charge is 0.435 e. The Bertz CT molecular complexity index is 1500. The predicted octanol–water partition coefficient (Wildman–Crippen LogP) is 8.46. The van der Waals surface area contributed by atoms with Gasteiger partial charge in [-0.15, -0.1) is 0 Å². The summed E-state index contributed by atoms with van der Waals surface area (Å²) in [6, 6.07) is 4.47. The van der Waals surface area contributed by atoms with E-state index in [9.17, 15) is 53.5 Å². The van der Waals surface area contributed by atoms with Gasteiger partial charge in [-0.3, -0.25) is 9.59 Å². The summed E-state index contributed by atoms with van der Waals surface area (Å²) < 4.78 is 150. The minimum atomic E-state index is -6.70. The number of nitrogens with zero attached hydrogens (tertiary/aromatic N) is 3. The van der Waals surface area contributed by atoms with Crippen LogP contribution in [0.5, 0.6) is 0 Å². The van der Waals surface area contributed by atoms with Crippen molar-refractivity contribution in [3.05, 3.63) is 88.0 Å². The standard InChI is InChI=1S/C24H12ClF11IN3O2/c1-39(19(41)11-5-8-17(25)38-10-11)16-4-2-3-13(18(16)26)20(42)40(37)15-7-6-12(9-14(15)22(28,29)30)21(27,23(31,32)33)24(34,35)36/h2-10H,1H3. The summed E-state index contributed by atoms with van der Waals surface area (Å²) in [5.74, 6) is -3.81. The van der Waals surface area contributed by atoms with Gasteiger partial charge in [-0.2, -0.15) is 39.5 Å². The first-order valence-corrected chi connectivity index (χ1v) is 12.2. The van der Waals surface area contributed by atoms with Crippen LogP contribution in [0.3, 0.4) is 0 Å². The molecule has 0 aliphatic rings. The summed E-state index contributed by atoms with van der Waals surface area (Å²) >= 11 is 6.57. The van der Waals surface area contributed by atoms with Gasteiger partial charge in [-0.1, -0.05) is 23.7 Å². The highest BCUT2D eigenvalue weighted by molar-refractivity contribution is 14.1. The molecule has 2 amide bonds. The molecule has 0 N–H and O–H groups in total. The SMILES string of the molecule is CN(C(=O)c1ccc(Cl)nc1)c1cccc(C(=O)N(I)c2ccc(C(F)(C(F)(F)F)C(F)(F)F)cc2C(F)(F)F)c1F. The molecule has 226 valence electrons. The van der Waals surface area contributed by atoms with E-state index in [1.54, 1.807) is 0 Å². The Balaban J connectivity index is 2.08. The van der Waals surface area contributed by atoms with E-state index < -0.39 is 76.0 Å². The number of carbonyl (C=O) groups is 2. The van der Waals surface area contributed by atoms with E-state index in [1.807, 2.05) is 0 Å². The fourth-order valence-corrected chi connectivity index (χ4v) is 4.39. The number of carbonyl (C=O) groups excluding carboxylic acids is 2. The van der Waals surface area contributed by atoms with E-state index in [-0.39, 0.29) is 26.0 Å². The zero-order chi connectivity index (χ0) is 32.0. The Morgan fingerprint density at radius 2 is 1.43 bits per heavy atom. The van der Waals surface area contributed by atoms with Gasteiger partial charge in [-0.25, -0.2) is 16.9 Å². The number of hydrogen-bond donors (Lipinski definition) is 0. The summed E-state index contributed by atoms with van der Waals surface area (Å²) in [6.07, 6.45) is -18.0. The molecule has 0 bridgehead atoms. The molecule has 1 heterocycles. The lowest BCUT2D eigenvalue weighted by Crippen LogP contribution is -2.50. The van der Waals surface area contributed by atoms with Crippen LogP contribution in [0.4, 0.5) is 59.7 Å². The molecule has 42 heavy (non-hydrogen) atoms. The van der Waals surface area contributed by atoms with Crippen LogP contribution in [0.25, 0.3) is 0 Å². The third-order valence-electron chi connectivity index (χ3n) is 5.72. The van der Waals surface area contributed by atoms with Gasteiger partial charge in [0.05, 0.1) is 50.9 Å². The van der Waals surface area contributed by atoms with E-state index in [1.165, 1.54) is 12.1 Å². The molecule has 0 spiro atoms. The number of benzene rings is 2. The first-order chi connectivity index (χ1) is 19.1. The lowest BCUT2D eigenvalue weighted by Gasteiger charge is -2.31. The lowest BCUT2D eigenvalue weighted by atomic mass is 9.92. The molecule has 1 aromatic heterocycles. The molecule has 3 aromatic rings. The van der Waals surface area contributed by atoms with E-state index in [0.717, 1.165) is 59.2 Å². The van der Waals surface area contributed by atoms with E-state index in [2.05, 4.69) is 4.98 Å². The Hall–Kier alpha value is -3.22. The zero-order valence-electron chi connectivity index (χ0n) is 20.3. The van der Waals surface area contributed by atoms with Crippen LogP contribution in [-0.4, -0.2) is 36.2 Å². The monoisotopic (exact) mass is 745 g/mol. The molecule has 0 fully saturated rings. The van der Waals surface area contributed by atoms with Crippen LogP contribution in [0.1, 0.15) is 31.8 Å². The van der Waals surface area contributed by atoms with Crippen molar-refractivity contribution in [2.45, 2.75) is 24.2 Å². The third kappa shape index (κ3) is 6.11. The molecule has 0 unspecified atom stereocenters. The van der Waals surface area contributed by atoms with Crippen molar-refractivity contribution in [2.75, 3.05) is 15.1 Å². The maximum absolute atomic E-state index is 15.4. The summed E-state index contributed by atoms with van der Waals surface area (Å²) in [4.78, 5) is 30.2. The molecule has 0 aliphatic heterocycles. The van der Waals surface area contributed by atoms with Gasteiger partial charge in [0.2, 0.25) is 0 Å². The fourth-order valence-electron chi connectivity index (χ4n) is 3.60. The predicted molar refractivity (Wildman–Crippen MR) is 136 cm³/mol. The van der Waals surface area contributed by atoms with Crippen LogP contribution in [0.15, 0.2) is 54.7 Å². The number of aromatic nitrogens is 1. The molecular weight excluding hydrogens is 734 g/mol. The van der Waals surface area contributed by atoms with Crippen molar-refractivity contribution >= 4 is 57.7 Å². The quantitative estimate of drug-likeness (QED) is 0.114. The van der Waals surface area contributed by atoms with Crippen LogP contribution in [-0.2, 0) is 11.8 Å². The lowest BCUT2D eigenvalue weighted by molar-refractivity contribution is -0.348. The van der Waals surface area contributed by atoms with Gasteiger partial charge in [-0.05, 0) is 36.4 Å². The normalized spacial score (nSPS) is 12.7. The van der Waals surface area contributed by atoms with Gasteiger partial charge in [0.15, 0.2) is 5.82 Å². The van der Waals surface area contributed by atoms with Crippen molar-refractivity contribution < 1.29 is 57.9 Å². The summed E-state index contributed by atoms with van der Waals surface area (Å²) in [5.41, 5.74) is -13.7. The molecule has 2 aromatic carbocycles. The van der Waals surface area contributed by atoms with Crippen molar-refractivity contribution in [3.8, 4) is 0 Å². The summed E-state index contributed by atoms with van der Waals surface area (Å²) in [7, 11) is 1.09. The van der Waals surface area contributed by atoms with E-state index >= 15 is 4.39 Å². The average Bonchev–Trinajstić information content (AvgIpc) is 2.89. The molecule has 3 rings (SSSR count). The van der Waals surface area contributed by atoms with Crippen LogP contribution in [0, 0.1) is 5.82 Å². The smallest absolute Gasteiger partial charge is 0.309 e. The van der Waals surface area contributed by atoms with Crippen molar-refractivity contribution in [3.63, 3.8) is 0 Å². The second-order valence-corrected chi connectivity index (χ2v) is 9.69. The van der Waals surface area contributed by atoms with Crippen LogP contribution >= 0.6 is 34.5 Å². The minimum absolute atomic E-state index is 0.0131. The molecule has 0 saturated carbocycles. The topological polar surface area (TPSA) is 53.5 Å². The molecule has 0 saturated heterocycles. The number of alkyl halides is 10. The number of hydrogen-bond acceptors (Lipinski definition) is 3. The number of amides is 2. The Morgan fingerprint density at radius 1 is 0.833 bits per heavy atom. The third-order valence-corrected chi connectivity index (χ3v) is 6.90. The molecule has 0 aliphatic carbocycles. The Morgan fingerprint density at radius 3 is 1.93 bits per heavy atom. The Kier molecular flexibility index (Phi) is 9.08. The number of rotatable bonds is 5.